The van der Waals surface area contributed by atoms with E-state index in [0.29, 0.717) is 21.5 Å². The Morgan fingerprint density at radius 2 is 2.05 bits per heavy atom. The quantitative estimate of drug-likeness (QED) is 0.773. The van der Waals surface area contributed by atoms with Crippen molar-refractivity contribution in [3.8, 4) is 0 Å². The number of fused-ring (bicyclic) bond motifs is 1. The van der Waals surface area contributed by atoms with Crippen LogP contribution in [0.5, 0.6) is 0 Å². The lowest BCUT2D eigenvalue weighted by atomic mass is 10.2. The summed E-state index contributed by atoms with van der Waals surface area (Å²) in [4.78, 5) is 4.30. The minimum atomic E-state index is -0.0720. The summed E-state index contributed by atoms with van der Waals surface area (Å²) in [6, 6.07) is 7.14. The van der Waals surface area contributed by atoms with Crippen molar-refractivity contribution in [2.75, 3.05) is 5.73 Å². The summed E-state index contributed by atoms with van der Waals surface area (Å²) in [6.45, 7) is 1.98. The third-order valence-electron chi connectivity index (χ3n) is 3.10. The van der Waals surface area contributed by atoms with Crippen LogP contribution >= 0.6 is 23.2 Å². The van der Waals surface area contributed by atoms with E-state index in [1.807, 2.05) is 23.6 Å². The van der Waals surface area contributed by atoms with Crippen molar-refractivity contribution >= 4 is 40.2 Å². The van der Waals surface area contributed by atoms with Crippen LogP contribution in [-0.4, -0.2) is 9.55 Å². The van der Waals surface area contributed by atoms with Crippen molar-refractivity contribution in [3.05, 3.63) is 46.3 Å². The molecule has 19 heavy (non-hydrogen) atoms. The Bertz CT molecular complexity index is 734. The van der Waals surface area contributed by atoms with Crippen molar-refractivity contribution in [2.45, 2.75) is 13.0 Å². The summed E-state index contributed by atoms with van der Waals surface area (Å²) in [6.07, 6.45) is 1.63. The van der Waals surface area contributed by atoms with Crippen molar-refractivity contribution in [1.29, 1.82) is 0 Å². The average molecular weight is 296 g/mol. The zero-order valence-corrected chi connectivity index (χ0v) is 11.6. The number of imidazole rings is 1. The lowest BCUT2D eigenvalue weighted by molar-refractivity contribution is 0.453. The molecule has 0 amide bonds. The highest BCUT2D eigenvalue weighted by Gasteiger charge is 2.18. The first-order valence-corrected chi connectivity index (χ1v) is 6.49. The van der Waals surface area contributed by atoms with Crippen LogP contribution < -0.4 is 5.73 Å². The molecular weight excluding hydrogens is 285 g/mol. The SMILES string of the molecule is CC(c1ccco1)n1c(N)nc2cc(Cl)c(Cl)cc21. The molecule has 3 rings (SSSR count). The molecule has 1 aromatic carbocycles. The van der Waals surface area contributed by atoms with E-state index in [1.54, 1.807) is 18.4 Å². The molecule has 0 spiro atoms. The maximum absolute atomic E-state index is 6.06. The number of aromatic nitrogens is 2. The second kappa shape index (κ2) is 4.47. The van der Waals surface area contributed by atoms with Crippen LogP contribution in [0.15, 0.2) is 34.9 Å². The number of nitrogen functional groups attached to an aromatic ring is 1. The topological polar surface area (TPSA) is 57.0 Å². The summed E-state index contributed by atoms with van der Waals surface area (Å²) in [5, 5.41) is 0.937. The largest absolute Gasteiger partial charge is 0.467 e. The summed E-state index contributed by atoms with van der Waals surface area (Å²) in [5.74, 6) is 1.20. The van der Waals surface area contributed by atoms with Gasteiger partial charge in [-0.3, -0.25) is 4.57 Å². The third-order valence-corrected chi connectivity index (χ3v) is 3.82. The fraction of sp³-hybridized carbons (Fsp3) is 0.154. The first-order chi connectivity index (χ1) is 9.08. The van der Waals surface area contributed by atoms with Gasteiger partial charge >= 0.3 is 0 Å². The predicted octanol–water partition coefficient (Wildman–Crippen LogP) is 4.13. The van der Waals surface area contributed by atoms with Crippen molar-refractivity contribution in [2.24, 2.45) is 0 Å². The van der Waals surface area contributed by atoms with E-state index in [0.717, 1.165) is 11.3 Å². The highest BCUT2D eigenvalue weighted by atomic mass is 35.5. The Balaban J connectivity index is 2.23. The molecule has 0 aliphatic rings. The van der Waals surface area contributed by atoms with Gasteiger partial charge in [0, 0.05) is 0 Å². The molecule has 1 unspecified atom stereocenters. The molecule has 0 bridgehead atoms. The van der Waals surface area contributed by atoms with Gasteiger partial charge in [-0.25, -0.2) is 4.98 Å². The highest BCUT2D eigenvalue weighted by Crippen LogP contribution is 2.32. The van der Waals surface area contributed by atoms with E-state index in [1.165, 1.54) is 0 Å². The van der Waals surface area contributed by atoms with Crippen molar-refractivity contribution in [3.63, 3.8) is 0 Å². The number of nitrogens with zero attached hydrogens (tertiary/aromatic N) is 2. The van der Waals surface area contributed by atoms with Gasteiger partial charge in [0.2, 0.25) is 5.95 Å². The molecule has 3 aromatic rings. The second-order valence-electron chi connectivity index (χ2n) is 4.29. The number of benzene rings is 1. The van der Waals surface area contributed by atoms with E-state index in [4.69, 9.17) is 33.4 Å². The van der Waals surface area contributed by atoms with Gasteiger partial charge < -0.3 is 10.2 Å². The van der Waals surface area contributed by atoms with E-state index in [9.17, 15) is 0 Å². The zero-order chi connectivity index (χ0) is 13.6. The normalized spacial score (nSPS) is 13.0. The molecule has 0 aliphatic carbocycles. The van der Waals surface area contributed by atoms with E-state index >= 15 is 0 Å². The van der Waals surface area contributed by atoms with Gasteiger partial charge in [-0.15, -0.1) is 0 Å². The summed E-state index contributed by atoms with van der Waals surface area (Å²) < 4.78 is 7.29. The van der Waals surface area contributed by atoms with Crippen LogP contribution in [0.25, 0.3) is 11.0 Å². The monoisotopic (exact) mass is 295 g/mol. The van der Waals surface area contributed by atoms with Gasteiger partial charge in [0.25, 0.3) is 0 Å². The number of hydrogen-bond acceptors (Lipinski definition) is 3. The number of rotatable bonds is 2. The molecule has 98 valence electrons. The maximum Gasteiger partial charge on any atom is 0.201 e. The fourth-order valence-corrected chi connectivity index (χ4v) is 2.49. The average Bonchev–Trinajstić information content (AvgIpc) is 2.97. The molecule has 2 N–H and O–H groups in total. The molecule has 1 atom stereocenters. The van der Waals surface area contributed by atoms with Gasteiger partial charge in [-0.05, 0) is 31.2 Å². The second-order valence-corrected chi connectivity index (χ2v) is 5.10. The van der Waals surface area contributed by atoms with Gasteiger partial charge in [-0.1, -0.05) is 23.2 Å². The first-order valence-electron chi connectivity index (χ1n) is 5.74. The molecule has 0 radical (unpaired) electrons. The van der Waals surface area contributed by atoms with Gasteiger partial charge in [0.15, 0.2) is 0 Å². The Morgan fingerprint density at radius 3 is 2.74 bits per heavy atom. The van der Waals surface area contributed by atoms with E-state index < -0.39 is 0 Å². The van der Waals surface area contributed by atoms with E-state index in [2.05, 4.69) is 4.98 Å². The molecule has 0 aliphatic heterocycles. The highest BCUT2D eigenvalue weighted by molar-refractivity contribution is 6.42. The molecule has 0 fully saturated rings. The van der Waals surface area contributed by atoms with Crippen LogP contribution in [0, 0.1) is 0 Å². The number of nitrogens with two attached hydrogens (primary N) is 1. The molecule has 4 nitrogen and oxygen atoms in total. The third kappa shape index (κ3) is 1.97. The smallest absolute Gasteiger partial charge is 0.201 e. The number of hydrogen-bond donors (Lipinski definition) is 1. The van der Waals surface area contributed by atoms with Crippen molar-refractivity contribution in [1.82, 2.24) is 9.55 Å². The molecule has 2 aromatic heterocycles. The molecule has 6 heteroatoms. The molecule has 0 saturated heterocycles. The van der Waals surface area contributed by atoms with Crippen LogP contribution in [-0.2, 0) is 0 Å². The van der Waals surface area contributed by atoms with Gasteiger partial charge in [0.1, 0.15) is 5.76 Å². The summed E-state index contributed by atoms with van der Waals surface area (Å²) >= 11 is 12.0. The van der Waals surface area contributed by atoms with Crippen LogP contribution in [0.4, 0.5) is 5.95 Å². The van der Waals surface area contributed by atoms with Crippen molar-refractivity contribution < 1.29 is 4.42 Å². The summed E-state index contributed by atoms with van der Waals surface area (Å²) in [7, 11) is 0. The number of furan rings is 1. The summed E-state index contributed by atoms with van der Waals surface area (Å²) in [5.41, 5.74) is 7.53. The van der Waals surface area contributed by atoms with Crippen LogP contribution in [0.3, 0.4) is 0 Å². The number of halogens is 2. The van der Waals surface area contributed by atoms with E-state index in [-0.39, 0.29) is 6.04 Å². The molecular formula is C13H11Cl2N3O. The molecule has 2 heterocycles. The zero-order valence-electron chi connectivity index (χ0n) is 10.1. The first kappa shape index (κ1) is 12.4. The lowest BCUT2D eigenvalue weighted by Crippen LogP contribution is -2.09. The van der Waals surface area contributed by atoms with Crippen LogP contribution in [0.1, 0.15) is 18.7 Å². The van der Waals surface area contributed by atoms with Crippen LogP contribution in [0.2, 0.25) is 10.0 Å². The Labute approximate surface area is 119 Å². The Kier molecular flexibility index (Phi) is 2.92. The minimum Gasteiger partial charge on any atom is -0.467 e. The standard InChI is InChI=1S/C13H11Cl2N3O/c1-7(12-3-2-4-19-12)18-11-6-9(15)8(14)5-10(11)17-13(18)16/h2-7H,1H3,(H2,16,17). The van der Waals surface area contributed by atoms with Gasteiger partial charge in [0.05, 0.1) is 33.4 Å². The lowest BCUT2D eigenvalue weighted by Gasteiger charge is -2.13. The minimum absolute atomic E-state index is 0.0720. The Hall–Kier alpha value is -1.65. The molecule has 0 saturated carbocycles. The Morgan fingerprint density at radius 1 is 1.32 bits per heavy atom. The maximum atomic E-state index is 6.06. The predicted molar refractivity (Wildman–Crippen MR) is 76.7 cm³/mol. The number of anilines is 1. The van der Waals surface area contributed by atoms with Gasteiger partial charge in [-0.2, -0.15) is 0 Å². The fourth-order valence-electron chi connectivity index (χ4n) is 2.17.